The zero-order chi connectivity index (χ0) is 17.2. The molecule has 4 rings (SSSR count). The van der Waals surface area contributed by atoms with E-state index in [0.29, 0.717) is 16.6 Å². The summed E-state index contributed by atoms with van der Waals surface area (Å²) in [4.78, 5) is 15.1. The van der Waals surface area contributed by atoms with E-state index in [1.165, 1.54) is 6.07 Å². The first kappa shape index (κ1) is 15.5. The topological polar surface area (TPSA) is 95.1 Å². The first-order valence-corrected chi connectivity index (χ1v) is 8.14. The van der Waals surface area contributed by atoms with Crippen molar-refractivity contribution in [2.24, 2.45) is 0 Å². The van der Waals surface area contributed by atoms with Crippen molar-refractivity contribution in [3.8, 4) is 0 Å². The summed E-state index contributed by atoms with van der Waals surface area (Å²) < 4.78 is 7.47. The molecule has 0 amide bonds. The Labute approximate surface area is 143 Å². The van der Waals surface area contributed by atoms with E-state index in [2.05, 4.69) is 15.4 Å². The van der Waals surface area contributed by atoms with Crippen molar-refractivity contribution in [2.45, 2.75) is 25.5 Å². The quantitative estimate of drug-likeness (QED) is 0.566. The minimum atomic E-state index is -0.395. The number of nitrogens with zero attached hydrogens (tertiary/aromatic N) is 4. The van der Waals surface area contributed by atoms with Gasteiger partial charge in [-0.05, 0) is 31.0 Å². The van der Waals surface area contributed by atoms with E-state index in [-0.39, 0.29) is 11.8 Å². The van der Waals surface area contributed by atoms with E-state index < -0.39 is 4.92 Å². The molecule has 0 saturated carbocycles. The Bertz CT molecular complexity index is 918. The number of anilines is 2. The summed E-state index contributed by atoms with van der Waals surface area (Å²) in [6, 6.07) is 6.55. The molecule has 8 heteroatoms. The van der Waals surface area contributed by atoms with Crippen molar-refractivity contribution in [1.29, 1.82) is 0 Å². The first-order valence-electron chi connectivity index (χ1n) is 8.14. The Morgan fingerprint density at radius 2 is 2.32 bits per heavy atom. The monoisotopic (exact) mass is 339 g/mol. The predicted molar refractivity (Wildman–Crippen MR) is 92.9 cm³/mol. The van der Waals surface area contributed by atoms with Crippen molar-refractivity contribution in [3.63, 3.8) is 0 Å². The number of ether oxygens (including phenoxy) is 1. The first-order chi connectivity index (χ1) is 12.2. The molecule has 8 nitrogen and oxygen atoms in total. The highest BCUT2D eigenvalue weighted by Gasteiger charge is 2.17. The maximum atomic E-state index is 11.2. The van der Waals surface area contributed by atoms with Gasteiger partial charge in [-0.2, -0.15) is 5.10 Å². The van der Waals surface area contributed by atoms with Gasteiger partial charge in [-0.1, -0.05) is 0 Å². The lowest BCUT2D eigenvalue weighted by atomic mass is 10.1. The van der Waals surface area contributed by atoms with E-state index in [4.69, 9.17) is 4.74 Å². The van der Waals surface area contributed by atoms with Crippen molar-refractivity contribution in [2.75, 3.05) is 11.9 Å². The molecule has 2 aromatic heterocycles. The molecule has 3 heterocycles. The SMILES string of the molecule is O=[N+]([O-])c1ccc(Nc2cnn(CC3CCCO3)c2)c2ncccc12. The minimum absolute atomic E-state index is 0.0442. The maximum Gasteiger partial charge on any atom is 0.278 e. The lowest BCUT2D eigenvalue weighted by Crippen LogP contribution is -2.15. The number of hydrogen-bond acceptors (Lipinski definition) is 6. The highest BCUT2D eigenvalue weighted by molar-refractivity contribution is 5.97. The smallest absolute Gasteiger partial charge is 0.278 e. The fourth-order valence-electron chi connectivity index (χ4n) is 3.10. The van der Waals surface area contributed by atoms with Crippen molar-refractivity contribution >= 4 is 28.0 Å². The van der Waals surface area contributed by atoms with E-state index >= 15 is 0 Å². The van der Waals surface area contributed by atoms with Crippen LogP contribution in [0.4, 0.5) is 17.1 Å². The van der Waals surface area contributed by atoms with E-state index in [1.807, 2.05) is 10.9 Å². The standard InChI is InChI=1S/C17H17N5O3/c23-22(24)16-6-5-15(17-14(16)4-1-7-18-17)20-12-9-19-21(10-12)11-13-3-2-8-25-13/h1,4-7,9-10,13,20H,2-3,8,11H2. The molecule has 128 valence electrons. The highest BCUT2D eigenvalue weighted by atomic mass is 16.6. The number of nitrogens with one attached hydrogen (secondary N) is 1. The summed E-state index contributed by atoms with van der Waals surface area (Å²) in [5.74, 6) is 0. The van der Waals surface area contributed by atoms with Crippen LogP contribution >= 0.6 is 0 Å². The van der Waals surface area contributed by atoms with Crippen LogP contribution in [0.1, 0.15) is 12.8 Å². The van der Waals surface area contributed by atoms with Crippen LogP contribution in [0.5, 0.6) is 0 Å². The number of nitro groups is 1. The predicted octanol–water partition coefficient (Wildman–Crippen LogP) is 3.26. The number of benzene rings is 1. The van der Waals surface area contributed by atoms with Gasteiger partial charge in [0, 0.05) is 25.1 Å². The zero-order valence-corrected chi connectivity index (χ0v) is 13.5. The second-order valence-electron chi connectivity index (χ2n) is 6.00. The molecule has 0 aliphatic carbocycles. The number of rotatable bonds is 5. The maximum absolute atomic E-state index is 11.2. The molecule has 1 N–H and O–H groups in total. The largest absolute Gasteiger partial charge is 0.376 e. The van der Waals surface area contributed by atoms with Gasteiger partial charge in [0.25, 0.3) is 5.69 Å². The van der Waals surface area contributed by atoms with Crippen LogP contribution in [0, 0.1) is 10.1 Å². The number of aromatic nitrogens is 3. The molecule has 0 radical (unpaired) electrons. The Hall–Kier alpha value is -3.00. The Morgan fingerprint density at radius 1 is 1.40 bits per heavy atom. The molecule has 1 atom stereocenters. The summed E-state index contributed by atoms with van der Waals surface area (Å²) in [6.45, 7) is 1.54. The van der Waals surface area contributed by atoms with Gasteiger partial charge in [0.05, 0.1) is 40.5 Å². The average molecular weight is 339 g/mol. The summed E-state index contributed by atoms with van der Waals surface area (Å²) in [5.41, 5.74) is 2.11. The molecule has 1 fully saturated rings. The van der Waals surface area contributed by atoms with Crippen LogP contribution in [0.25, 0.3) is 10.9 Å². The van der Waals surface area contributed by atoms with Crippen LogP contribution in [0.3, 0.4) is 0 Å². The number of hydrogen-bond donors (Lipinski definition) is 1. The summed E-state index contributed by atoms with van der Waals surface area (Å²) in [7, 11) is 0. The van der Waals surface area contributed by atoms with Gasteiger partial charge < -0.3 is 10.1 Å². The lowest BCUT2D eigenvalue weighted by Gasteiger charge is -2.09. The van der Waals surface area contributed by atoms with E-state index in [0.717, 1.165) is 31.7 Å². The third-order valence-corrected chi connectivity index (χ3v) is 4.27. The van der Waals surface area contributed by atoms with Gasteiger partial charge in [0.15, 0.2) is 0 Å². The molecule has 1 aliphatic heterocycles. The van der Waals surface area contributed by atoms with Crippen LogP contribution in [0.15, 0.2) is 42.9 Å². The number of nitro benzene ring substituents is 1. The van der Waals surface area contributed by atoms with Gasteiger partial charge in [-0.15, -0.1) is 0 Å². The van der Waals surface area contributed by atoms with Crippen LogP contribution < -0.4 is 5.32 Å². The van der Waals surface area contributed by atoms with E-state index in [9.17, 15) is 10.1 Å². The lowest BCUT2D eigenvalue weighted by molar-refractivity contribution is -0.383. The Morgan fingerprint density at radius 3 is 3.12 bits per heavy atom. The van der Waals surface area contributed by atoms with Crippen molar-refractivity contribution in [1.82, 2.24) is 14.8 Å². The number of pyridine rings is 1. The Balaban J connectivity index is 1.59. The molecule has 1 aliphatic rings. The molecule has 1 aromatic carbocycles. The zero-order valence-electron chi connectivity index (χ0n) is 13.5. The summed E-state index contributed by atoms with van der Waals surface area (Å²) >= 11 is 0. The third-order valence-electron chi connectivity index (χ3n) is 4.27. The van der Waals surface area contributed by atoms with Crippen LogP contribution in [-0.4, -0.2) is 32.4 Å². The van der Waals surface area contributed by atoms with Gasteiger partial charge >= 0.3 is 0 Å². The van der Waals surface area contributed by atoms with Crippen molar-refractivity contribution in [3.05, 3.63) is 53.0 Å². The normalized spacial score (nSPS) is 17.0. The minimum Gasteiger partial charge on any atom is -0.376 e. The van der Waals surface area contributed by atoms with E-state index in [1.54, 1.807) is 30.6 Å². The molecule has 1 saturated heterocycles. The molecular formula is C17H17N5O3. The average Bonchev–Trinajstić information content (AvgIpc) is 3.27. The molecule has 3 aromatic rings. The fraction of sp³-hybridized carbons (Fsp3) is 0.294. The molecule has 1 unspecified atom stereocenters. The van der Waals surface area contributed by atoms with Gasteiger partial charge in [0.2, 0.25) is 0 Å². The van der Waals surface area contributed by atoms with Gasteiger partial charge in [-0.25, -0.2) is 0 Å². The van der Waals surface area contributed by atoms with Crippen LogP contribution in [0.2, 0.25) is 0 Å². The van der Waals surface area contributed by atoms with Crippen molar-refractivity contribution < 1.29 is 9.66 Å². The molecular weight excluding hydrogens is 322 g/mol. The van der Waals surface area contributed by atoms with Gasteiger partial charge in [0.1, 0.15) is 5.52 Å². The summed E-state index contributed by atoms with van der Waals surface area (Å²) in [6.07, 6.45) is 7.62. The number of fused-ring (bicyclic) bond motifs is 1. The second kappa shape index (κ2) is 6.48. The summed E-state index contributed by atoms with van der Waals surface area (Å²) in [5, 5.41) is 19.3. The molecule has 25 heavy (non-hydrogen) atoms. The third kappa shape index (κ3) is 3.16. The number of non-ortho nitro benzene ring substituents is 1. The second-order valence-corrected chi connectivity index (χ2v) is 6.00. The fourth-order valence-corrected chi connectivity index (χ4v) is 3.10. The van der Waals surface area contributed by atoms with Gasteiger partial charge in [-0.3, -0.25) is 19.8 Å². The molecule has 0 bridgehead atoms. The molecule has 0 spiro atoms. The highest BCUT2D eigenvalue weighted by Crippen LogP contribution is 2.31. The Kier molecular flexibility index (Phi) is 4.02. The van der Waals surface area contributed by atoms with Crippen LogP contribution in [-0.2, 0) is 11.3 Å².